The minimum atomic E-state index is -0.367. The number of esters is 1. The first-order chi connectivity index (χ1) is 12.1. The second kappa shape index (κ2) is 7.55. The Bertz CT molecular complexity index is 747. The average Bonchev–Trinajstić information content (AvgIpc) is 3.18. The minimum Gasteiger partial charge on any atom is -0.466 e. The molecule has 0 radical (unpaired) electrons. The maximum absolute atomic E-state index is 12.0. The number of carbonyl (C=O) groups is 2. The molecule has 3 rings (SSSR count). The van der Waals surface area contributed by atoms with Crippen LogP contribution >= 0.6 is 0 Å². The Labute approximate surface area is 147 Å². The molecule has 132 valence electrons. The molecular formula is C20H23NO4. The third-order valence-electron chi connectivity index (χ3n) is 4.62. The van der Waals surface area contributed by atoms with E-state index >= 15 is 0 Å². The van der Waals surface area contributed by atoms with Crippen LogP contribution in [0.15, 0.2) is 40.8 Å². The molecule has 1 aromatic carbocycles. The lowest BCUT2D eigenvalue weighted by molar-refractivity contribution is -0.121. The SMILES string of the molecule is COC(=O)c1ccc(CNC(=O)CCc2ccc([C@H]3C[C@@H]3C)o2)cc1. The Morgan fingerprint density at radius 3 is 2.56 bits per heavy atom. The highest BCUT2D eigenvalue weighted by Gasteiger charge is 2.36. The summed E-state index contributed by atoms with van der Waals surface area (Å²) >= 11 is 0. The summed E-state index contributed by atoms with van der Waals surface area (Å²) in [7, 11) is 1.35. The number of carbonyl (C=O) groups excluding carboxylic acids is 2. The molecule has 25 heavy (non-hydrogen) atoms. The van der Waals surface area contributed by atoms with Gasteiger partial charge >= 0.3 is 5.97 Å². The number of nitrogens with one attached hydrogen (secondary N) is 1. The molecule has 1 aliphatic rings. The van der Waals surface area contributed by atoms with Crippen LogP contribution in [0.1, 0.15) is 53.1 Å². The zero-order valence-corrected chi connectivity index (χ0v) is 14.6. The monoisotopic (exact) mass is 341 g/mol. The van der Waals surface area contributed by atoms with Gasteiger partial charge < -0.3 is 14.5 Å². The first-order valence-corrected chi connectivity index (χ1v) is 8.59. The van der Waals surface area contributed by atoms with Gasteiger partial charge in [0.1, 0.15) is 11.5 Å². The summed E-state index contributed by atoms with van der Waals surface area (Å²) in [4.78, 5) is 23.4. The third kappa shape index (κ3) is 4.50. The summed E-state index contributed by atoms with van der Waals surface area (Å²) in [5.74, 6) is 2.81. The molecule has 1 N–H and O–H groups in total. The van der Waals surface area contributed by atoms with Crippen molar-refractivity contribution in [2.24, 2.45) is 5.92 Å². The van der Waals surface area contributed by atoms with Gasteiger partial charge in [0, 0.05) is 25.3 Å². The van der Waals surface area contributed by atoms with E-state index in [1.54, 1.807) is 12.1 Å². The van der Waals surface area contributed by atoms with Crippen LogP contribution in [0.3, 0.4) is 0 Å². The van der Waals surface area contributed by atoms with E-state index in [9.17, 15) is 9.59 Å². The number of ether oxygens (including phenoxy) is 1. The maximum Gasteiger partial charge on any atom is 0.337 e. The molecule has 1 aliphatic carbocycles. The molecule has 1 fully saturated rings. The molecule has 1 saturated carbocycles. The Morgan fingerprint density at radius 2 is 1.92 bits per heavy atom. The Kier molecular flexibility index (Phi) is 5.22. The predicted octanol–water partition coefficient (Wildman–Crippen LogP) is 3.44. The Balaban J connectivity index is 1.42. The van der Waals surface area contributed by atoms with Gasteiger partial charge in [-0.1, -0.05) is 19.1 Å². The van der Waals surface area contributed by atoms with Crippen molar-refractivity contribution >= 4 is 11.9 Å². The molecule has 0 unspecified atom stereocenters. The highest BCUT2D eigenvalue weighted by Crippen LogP contribution is 2.47. The van der Waals surface area contributed by atoms with Crippen LogP contribution in [0, 0.1) is 5.92 Å². The van der Waals surface area contributed by atoms with E-state index in [0.717, 1.165) is 17.1 Å². The highest BCUT2D eigenvalue weighted by atomic mass is 16.5. The minimum absolute atomic E-state index is 0.0187. The molecule has 0 saturated heterocycles. The lowest BCUT2D eigenvalue weighted by Crippen LogP contribution is -2.23. The summed E-state index contributed by atoms with van der Waals surface area (Å²) in [6, 6.07) is 11.0. The van der Waals surface area contributed by atoms with E-state index in [2.05, 4.69) is 17.0 Å². The van der Waals surface area contributed by atoms with E-state index in [4.69, 9.17) is 4.42 Å². The fourth-order valence-corrected chi connectivity index (χ4v) is 2.85. The van der Waals surface area contributed by atoms with E-state index in [1.165, 1.54) is 13.5 Å². The van der Waals surface area contributed by atoms with Crippen molar-refractivity contribution in [3.05, 3.63) is 59.0 Å². The van der Waals surface area contributed by atoms with Gasteiger partial charge in [-0.25, -0.2) is 4.79 Å². The van der Waals surface area contributed by atoms with Gasteiger partial charge in [0.2, 0.25) is 5.91 Å². The van der Waals surface area contributed by atoms with Crippen molar-refractivity contribution in [2.45, 2.75) is 38.6 Å². The summed E-state index contributed by atoms with van der Waals surface area (Å²) in [5.41, 5.74) is 1.43. The van der Waals surface area contributed by atoms with Crippen molar-refractivity contribution in [1.82, 2.24) is 5.32 Å². The molecular weight excluding hydrogens is 318 g/mol. The van der Waals surface area contributed by atoms with Crippen LogP contribution in [0.25, 0.3) is 0 Å². The van der Waals surface area contributed by atoms with E-state index < -0.39 is 0 Å². The molecule has 0 bridgehead atoms. The average molecular weight is 341 g/mol. The number of methoxy groups -OCH3 is 1. The first kappa shape index (κ1) is 17.3. The van der Waals surface area contributed by atoms with Crippen molar-refractivity contribution < 1.29 is 18.7 Å². The van der Waals surface area contributed by atoms with Crippen molar-refractivity contribution in [1.29, 1.82) is 0 Å². The summed E-state index contributed by atoms with van der Waals surface area (Å²) < 4.78 is 10.5. The Hall–Kier alpha value is -2.56. The lowest BCUT2D eigenvalue weighted by Gasteiger charge is -2.06. The third-order valence-corrected chi connectivity index (χ3v) is 4.62. The summed E-state index contributed by atoms with van der Waals surface area (Å²) in [5, 5.41) is 2.88. The fourth-order valence-electron chi connectivity index (χ4n) is 2.85. The molecule has 1 amide bonds. The Morgan fingerprint density at radius 1 is 1.20 bits per heavy atom. The molecule has 1 aromatic heterocycles. The zero-order valence-electron chi connectivity index (χ0n) is 14.6. The molecule has 2 atom stereocenters. The van der Waals surface area contributed by atoms with Gasteiger partial charge in [0.25, 0.3) is 0 Å². The standard InChI is InChI=1S/C20H23NO4/c1-13-11-17(13)18-9-7-16(25-18)8-10-19(22)21-12-14-3-5-15(6-4-14)20(23)24-2/h3-7,9,13,17H,8,10-12H2,1-2H3,(H,21,22)/t13-,17-/m0/s1. The highest BCUT2D eigenvalue weighted by molar-refractivity contribution is 5.89. The van der Waals surface area contributed by atoms with Crippen LogP contribution in [0.2, 0.25) is 0 Å². The van der Waals surface area contributed by atoms with Gasteiger partial charge in [-0.3, -0.25) is 4.79 Å². The fraction of sp³-hybridized carbons (Fsp3) is 0.400. The normalized spacial score (nSPS) is 18.6. The van der Waals surface area contributed by atoms with Crippen LogP contribution in [0.5, 0.6) is 0 Å². The second-order valence-electron chi connectivity index (χ2n) is 6.59. The van der Waals surface area contributed by atoms with Gasteiger partial charge in [-0.2, -0.15) is 0 Å². The topological polar surface area (TPSA) is 68.5 Å². The number of hydrogen-bond donors (Lipinski definition) is 1. The molecule has 0 spiro atoms. The van der Waals surface area contributed by atoms with Crippen LogP contribution < -0.4 is 5.32 Å². The summed E-state index contributed by atoms with van der Waals surface area (Å²) in [6.45, 7) is 2.65. The van der Waals surface area contributed by atoms with Gasteiger partial charge in [0.15, 0.2) is 0 Å². The first-order valence-electron chi connectivity index (χ1n) is 8.59. The molecule has 1 heterocycles. The maximum atomic E-state index is 12.0. The van der Waals surface area contributed by atoms with Crippen molar-refractivity contribution in [2.75, 3.05) is 7.11 Å². The second-order valence-corrected chi connectivity index (χ2v) is 6.59. The number of furan rings is 1. The number of rotatable bonds is 7. The zero-order chi connectivity index (χ0) is 17.8. The molecule has 0 aliphatic heterocycles. The van der Waals surface area contributed by atoms with Gasteiger partial charge in [0.05, 0.1) is 12.7 Å². The van der Waals surface area contributed by atoms with Gasteiger partial charge in [-0.05, 0) is 42.2 Å². The predicted molar refractivity (Wildman–Crippen MR) is 93.2 cm³/mol. The molecule has 5 heteroatoms. The van der Waals surface area contributed by atoms with Crippen molar-refractivity contribution in [3.8, 4) is 0 Å². The largest absolute Gasteiger partial charge is 0.466 e. The quantitative estimate of drug-likeness (QED) is 0.783. The molecule has 2 aromatic rings. The van der Waals surface area contributed by atoms with E-state index in [1.807, 2.05) is 24.3 Å². The van der Waals surface area contributed by atoms with Crippen LogP contribution in [0.4, 0.5) is 0 Å². The van der Waals surface area contributed by atoms with Crippen LogP contribution in [-0.2, 0) is 22.5 Å². The molecule has 5 nitrogen and oxygen atoms in total. The number of benzene rings is 1. The summed E-state index contributed by atoms with van der Waals surface area (Å²) in [6.07, 6.45) is 2.20. The number of amides is 1. The number of hydrogen-bond acceptors (Lipinski definition) is 4. The number of aryl methyl sites for hydroxylation is 1. The van der Waals surface area contributed by atoms with E-state index in [-0.39, 0.29) is 11.9 Å². The lowest BCUT2D eigenvalue weighted by atomic mass is 10.1. The van der Waals surface area contributed by atoms with E-state index in [0.29, 0.717) is 36.8 Å². The van der Waals surface area contributed by atoms with Crippen LogP contribution in [-0.4, -0.2) is 19.0 Å². The van der Waals surface area contributed by atoms with Crippen molar-refractivity contribution in [3.63, 3.8) is 0 Å². The van der Waals surface area contributed by atoms with Gasteiger partial charge in [-0.15, -0.1) is 0 Å². The smallest absolute Gasteiger partial charge is 0.337 e.